The van der Waals surface area contributed by atoms with Crippen LogP contribution in [0.5, 0.6) is 0 Å². The van der Waals surface area contributed by atoms with E-state index in [0.717, 1.165) is 5.56 Å². The van der Waals surface area contributed by atoms with Crippen LogP contribution >= 0.6 is 0 Å². The van der Waals surface area contributed by atoms with Crippen molar-refractivity contribution in [3.63, 3.8) is 0 Å². The molecule has 1 amide bonds. The summed E-state index contributed by atoms with van der Waals surface area (Å²) in [5.41, 5.74) is 0.444. The van der Waals surface area contributed by atoms with E-state index in [4.69, 9.17) is 4.74 Å². The molecule has 1 fully saturated rings. The highest BCUT2D eigenvalue weighted by Gasteiger charge is 2.41. The van der Waals surface area contributed by atoms with Crippen molar-refractivity contribution in [1.29, 1.82) is 0 Å². The molecule has 1 N–H and O–H groups in total. The number of hydrogen-bond acceptors (Lipinski definition) is 4. The maximum Gasteiger partial charge on any atom is 0.307 e. The molecule has 0 bridgehead atoms. The van der Waals surface area contributed by atoms with E-state index in [0.29, 0.717) is 32.6 Å². The number of benzene rings is 1. The lowest BCUT2D eigenvalue weighted by Crippen LogP contribution is -2.48. The van der Waals surface area contributed by atoms with Gasteiger partial charge in [0, 0.05) is 19.8 Å². The first-order chi connectivity index (χ1) is 10.2. The van der Waals surface area contributed by atoms with E-state index in [9.17, 15) is 9.59 Å². The second-order valence-electron chi connectivity index (χ2n) is 5.14. The molecule has 0 radical (unpaired) electrons. The summed E-state index contributed by atoms with van der Waals surface area (Å²) in [6.07, 6.45) is 1.49. The molecule has 1 aromatic rings. The molecule has 1 heterocycles. The summed E-state index contributed by atoms with van der Waals surface area (Å²) < 4.78 is 9.98. The van der Waals surface area contributed by atoms with E-state index >= 15 is 0 Å². The van der Waals surface area contributed by atoms with Crippen molar-refractivity contribution in [2.45, 2.75) is 24.7 Å². The first kappa shape index (κ1) is 15.5. The van der Waals surface area contributed by atoms with Gasteiger partial charge in [0.2, 0.25) is 5.91 Å². The Hall–Kier alpha value is -1.88. The van der Waals surface area contributed by atoms with Gasteiger partial charge in [-0.15, -0.1) is 0 Å². The molecule has 1 aromatic carbocycles. The Bertz CT molecular complexity index is 480. The average Bonchev–Trinajstić information content (AvgIpc) is 2.56. The Morgan fingerprint density at radius 3 is 2.52 bits per heavy atom. The second kappa shape index (κ2) is 7.22. The van der Waals surface area contributed by atoms with Crippen molar-refractivity contribution in [3.05, 3.63) is 35.9 Å². The molecule has 0 spiro atoms. The van der Waals surface area contributed by atoms with Gasteiger partial charge in [-0.2, -0.15) is 0 Å². The standard InChI is InChI=1S/C16H21NO4/c1-20-14(18)7-10-17-15(19)16(8-11-21-12-9-16)13-5-3-2-4-6-13/h2-6H,7-12H2,1H3,(H,17,19). The predicted molar refractivity (Wildman–Crippen MR) is 77.8 cm³/mol. The van der Waals surface area contributed by atoms with Crippen molar-refractivity contribution in [1.82, 2.24) is 5.32 Å². The molecule has 0 atom stereocenters. The number of carbonyl (C=O) groups excluding carboxylic acids is 2. The molecule has 1 aliphatic heterocycles. The Balaban J connectivity index is 2.09. The third kappa shape index (κ3) is 3.61. The van der Waals surface area contributed by atoms with E-state index in [1.165, 1.54) is 7.11 Å². The van der Waals surface area contributed by atoms with Crippen LogP contribution in [0.4, 0.5) is 0 Å². The van der Waals surface area contributed by atoms with Gasteiger partial charge < -0.3 is 14.8 Å². The van der Waals surface area contributed by atoms with Crippen LogP contribution in [0.3, 0.4) is 0 Å². The van der Waals surface area contributed by atoms with Crippen molar-refractivity contribution >= 4 is 11.9 Å². The number of hydrogen-bond donors (Lipinski definition) is 1. The number of methoxy groups -OCH3 is 1. The molecule has 21 heavy (non-hydrogen) atoms. The Morgan fingerprint density at radius 2 is 1.90 bits per heavy atom. The Morgan fingerprint density at radius 1 is 1.24 bits per heavy atom. The van der Waals surface area contributed by atoms with Crippen molar-refractivity contribution in [2.24, 2.45) is 0 Å². The molecule has 114 valence electrons. The number of nitrogens with one attached hydrogen (secondary N) is 1. The van der Waals surface area contributed by atoms with Gasteiger partial charge in [0.15, 0.2) is 0 Å². The van der Waals surface area contributed by atoms with Gasteiger partial charge in [-0.3, -0.25) is 9.59 Å². The third-order valence-corrected chi connectivity index (χ3v) is 3.95. The summed E-state index contributed by atoms with van der Waals surface area (Å²) in [5.74, 6) is -0.364. The monoisotopic (exact) mass is 291 g/mol. The molecule has 1 aliphatic rings. The van der Waals surface area contributed by atoms with Gasteiger partial charge in [-0.1, -0.05) is 30.3 Å². The van der Waals surface area contributed by atoms with Crippen LogP contribution in [0, 0.1) is 0 Å². The summed E-state index contributed by atoms with van der Waals surface area (Å²) >= 11 is 0. The Kier molecular flexibility index (Phi) is 5.33. The molecule has 0 aromatic heterocycles. The van der Waals surface area contributed by atoms with E-state index < -0.39 is 5.41 Å². The highest BCUT2D eigenvalue weighted by atomic mass is 16.5. The van der Waals surface area contributed by atoms with Gasteiger partial charge in [0.25, 0.3) is 0 Å². The highest BCUT2D eigenvalue weighted by Crippen LogP contribution is 2.35. The van der Waals surface area contributed by atoms with Crippen molar-refractivity contribution in [2.75, 3.05) is 26.9 Å². The van der Waals surface area contributed by atoms with Gasteiger partial charge in [0.1, 0.15) is 0 Å². The average molecular weight is 291 g/mol. The lowest BCUT2D eigenvalue weighted by Gasteiger charge is -2.36. The van der Waals surface area contributed by atoms with E-state index in [2.05, 4.69) is 10.1 Å². The largest absolute Gasteiger partial charge is 0.469 e. The van der Waals surface area contributed by atoms with Gasteiger partial charge in [0.05, 0.1) is 18.9 Å². The minimum Gasteiger partial charge on any atom is -0.469 e. The fourth-order valence-corrected chi connectivity index (χ4v) is 2.67. The SMILES string of the molecule is COC(=O)CCNC(=O)C1(c2ccccc2)CCOCC1. The highest BCUT2D eigenvalue weighted by molar-refractivity contribution is 5.88. The van der Waals surface area contributed by atoms with Gasteiger partial charge >= 0.3 is 5.97 Å². The number of esters is 1. The number of ether oxygens (including phenoxy) is 2. The molecule has 2 rings (SSSR count). The molecule has 0 aliphatic carbocycles. The zero-order valence-corrected chi connectivity index (χ0v) is 12.3. The van der Waals surface area contributed by atoms with Crippen LogP contribution in [0.1, 0.15) is 24.8 Å². The van der Waals surface area contributed by atoms with Crippen LogP contribution in [0.15, 0.2) is 30.3 Å². The van der Waals surface area contributed by atoms with Crippen LogP contribution in [-0.4, -0.2) is 38.7 Å². The first-order valence-electron chi connectivity index (χ1n) is 7.17. The summed E-state index contributed by atoms with van der Waals surface area (Å²) in [6, 6.07) is 9.77. The first-order valence-corrected chi connectivity index (χ1v) is 7.17. The molecule has 5 nitrogen and oxygen atoms in total. The summed E-state index contributed by atoms with van der Waals surface area (Å²) in [6.45, 7) is 1.43. The summed E-state index contributed by atoms with van der Waals surface area (Å²) in [4.78, 5) is 23.8. The van der Waals surface area contributed by atoms with Crippen molar-refractivity contribution in [3.8, 4) is 0 Å². The maximum absolute atomic E-state index is 12.7. The fraction of sp³-hybridized carbons (Fsp3) is 0.500. The molecule has 0 saturated carbocycles. The molecular weight excluding hydrogens is 270 g/mol. The third-order valence-electron chi connectivity index (χ3n) is 3.95. The lowest BCUT2D eigenvalue weighted by atomic mass is 9.73. The predicted octanol–water partition coefficient (Wildman–Crippen LogP) is 1.41. The molecular formula is C16H21NO4. The van der Waals surface area contributed by atoms with Gasteiger partial charge in [-0.25, -0.2) is 0 Å². The molecule has 5 heteroatoms. The Labute approximate surface area is 124 Å². The topological polar surface area (TPSA) is 64.6 Å². The number of rotatable bonds is 5. The summed E-state index contributed by atoms with van der Waals surface area (Å²) in [5, 5.41) is 2.86. The minimum absolute atomic E-state index is 0.0408. The second-order valence-corrected chi connectivity index (χ2v) is 5.14. The summed E-state index contributed by atoms with van der Waals surface area (Å²) in [7, 11) is 1.34. The van der Waals surface area contributed by atoms with Crippen molar-refractivity contribution < 1.29 is 19.1 Å². The quantitative estimate of drug-likeness (QED) is 0.833. The normalized spacial score (nSPS) is 17.0. The lowest BCUT2D eigenvalue weighted by molar-refractivity contribution is -0.140. The molecule has 0 unspecified atom stereocenters. The number of carbonyl (C=O) groups is 2. The van der Waals surface area contributed by atoms with E-state index in [-0.39, 0.29) is 18.3 Å². The smallest absolute Gasteiger partial charge is 0.307 e. The van der Waals surface area contributed by atoms with Crippen LogP contribution in [0.2, 0.25) is 0 Å². The van der Waals surface area contributed by atoms with Gasteiger partial charge in [-0.05, 0) is 18.4 Å². The molecule has 1 saturated heterocycles. The fourth-order valence-electron chi connectivity index (χ4n) is 2.67. The van der Waals surface area contributed by atoms with Crippen LogP contribution in [-0.2, 0) is 24.5 Å². The number of amides is 1. The zero-order chi connectivity index (χ0) is 15.1. The van der Waals surface area contributed by atoms with E-state index in [1.807, 2.05) is 30.3 Å². The minimum atomic E-state index is -0.560. The van der Waals surface area contributed by atoms with Crippen LogP contribution < -0.4 is 5.32 Å². The van der Waals surface area contributed by atoms with Crippen LogP contribution in [0.25, 0.3) is 0 Å². The zero-order valence-electron chi connectivity index (χ0n) is 12.3. The van der Waals surface area contributed by atoms with E-state index in [1.54, 1.807) is 0 Å². The maximum atomic E-state index is 12.7.